The van der Waals surface area contributed by atoms with E-state index in [1.54, 1.807) is 34.1 Å². The Morgan fingerprint density at radius 3 is 2.58 bits per heavy atom. The molecule has 0 saturated heterocycles. The number of aliphatic hydroxyl groups is 1. The van der Waals surface area contributed by atoms with Gasteiger partial charge < -0.3 is 23.7 Å². The van der Waals surface area contributed by atoms with Crippen molar-refractivity contribution in [2.24, 2.45) is 10.4 Å². The molecule has 4 aromatic rings. The fraction of sp³-hybridized carbons (Fsp3) is 0.485. The van der Waals surface area contributed by atoms with Crippen LogP contribution in [0.3, 0.4) is 0 Å². The second kappa shape index (κ2) is 12.8. The molecule has 230 valence electrons. The van der Waals surface area contributed by atoms with Gasteiger partial charge in [0.15, 0.2) is 6.04 Å². The number of esters is 1. The highest BCUT2D eigenvalue weighted by atomic mass is 16.6. The van der Waals surface area contributed by atoms with Gasteiger partial charge in [0.2, 0.25) is 11.7 Å². The van der Waals surface area contributed by atoms with Gasteiger partial charge in [-0.15, -0.1) is 0 Å². The molecule has 3 heterocycles. The highest BCUT2D eigenvalue weighted by Crippen LogP contribution is 2.41. The number of pyridine rings is 1. The van der Waals surface area contributed by atoms with Gasteiger partial charge in [0.25, 0.3) is 0 Å². The van der Waals surface area contributed by atoms with Gasteiger partial charge in [-0.05, 0) is 89.1 Å². The minimum Gasteiger partial charge on any atom is -0.458 e. The van der Waals surface area contributed by atoms with Crippen molar-refractivity contribution in [3.63, 3.8) is 0 Å². The monoisotopic (exact) mass is 589 g/mol. The molecule has 2 unspecified atom stereocenters. The van der Waals surface area contributed by atoms with Crippen LogP contribution in [0.15, 0.2) is 46.0 Å². The molecule has 10 nitrogen and oxygen atoms in total. The quantitative estimate of drug-likeness (QED) is 0.158. The summed E-state index contributed by atoms with van der Waals surface area (Å²) in [5.74, 6) is 0.170. The average molecular weight is 590 g/mol. The number of hydrogen-bond donors (Lipinski definition) is 1. The van der Waals surface area contributed by atoms with Crippen LogP contribution < -0.4 is 0 Å². The number of nitrogens with zero attached hydrogens (tertiary/aromatic N) is 5. The normalized spacial score (nSPS) is 13.7. The van der Waals surface area contributed by atoms with Crippen LogP contribution in [0.25, 0.3) is 33.5 Å². The number of ether oxygens (including phenoxy) is 2. The van der Waals surface area contributed by atoms with Crippen molar-refractivity contribution in [2.45, 2.75) is 85.6 Å². The van der Waals surface area contributed by atoms with Crippen molar-refractivity contribution in [2.75, 3.05) is 13.7 Å². The molecule has 0 saturated carbocycles. The summed E-state index contributed by atoms with van der Waals surface area (Å²) in [6, 6.07) is 9.26. The van der Waals surface area contributed by atoms with E-state index in [1.165, 1.54) is 0 Å². The third-order valence-corrected chi connectivity index (χ3v) is 7.39. The zero-order chi connectivity index (χ0) is 31.5. The van der Waals surface area contributed by atoms with Crippen LogP contribution in [0.4, 0.5) is 0 Å². The highest BCUT2D eigenvalue weighted by molar-refractivity contribution is 5.94. The van der Waals surface area contributed by atoms with Crippen molar-refractivity contribution in [3.8, 4) is 22.6 Å². The topological polar surface area (TPSA) is 125 Å². The van der Waals surface area contributed by atoms with Crippen LogP contribution in [0.2, 0.25) is 0 Å². The zero-order valence-corrected chi connectivity index (χ0v) is 26.5. The van der Waals surface area contributed by atoms with E-state index < -0.39 is 17.6 Å². The summed E-state index contributed by atoms with van der Waals surface area (Å²) in [4.78, 5) is 25.8. The second-order valence-electron chi connectivity index (χ2n) is 12.6. The van der Waals surface area contributed by atoms with E-state index in [-0.39, 0.29) is 30.4 Å². The summed E-state index contributed by atoms with van der Waals surface area (Å²) in [5.41, 5.74) is 4.78. The third-order valence-electron chi connectivity index (χ3n) is 7.39. The van der Waals surface area contributed by atoms with Gasteiger partial charge in [0, 0.05) is 48.5 Å². The average Bonchev–Trinajstić information content (AvgIpc) is 3.56. The summed E-state index contributed by atoms with van der Waals surface area (Å²) in [7, 11) is 1.68. The molecular formula is C33H43N5O5. The number of methoxy groups -OCH3 is 1. The number of aryl methyl sites for hydroxylation is 1. The Bertz CT molecular complexity index is 1600. The van der Waals surface area contributed by atoms with Crippen LogP contribution in [-0.4, -0.2) is 62.8 Å². The van der Waals surface area contributed by atoms with Gasteiger partial charge in [0.05, 0.1) is 23.9 Å². The Balaban J connectivity index is 1.83. The standard InChI is InChI=1S/C33H43N5O5/c1-10-38-26-14-13-21(30-36-27(43-37-30)17-25(34-8)31(40)42-32(3,4)5)16-23(26)24(18-33(6,7)19-39)29(38)22-12-11-15-35-28(22)20(2)41-9/h11-16,20,25,39H,8,10,17-19H2,1-7,9H3. The summed E-state index contributed by atoms with van der Waals surface area (Å²) < 4.78 is 19.0. The van der Waals surface area contributed by atoms with Crippen LogP contribution in [0, 0.1) is 5.41 Å². The molecule has 0 aliphatic carbocycles. The minimum absolute atomic E-state index is 0.0314. The smallest absolute Gasteiger partial charge is 0.331 e. The Labute approximate surface area is 253 Å². The minimum atomic E-state index is -0.855. The Morgan fingerprint density at radius 2 is 1.95 bits per heavy atom. The Kier molecular flexibility index (Phi) is 9.51. The van der Waals surface area contributed by atoms with E-state index in [2.05, 4.69) is 65.4 Å². The van der Waals surface area contributed by atoms with Gasteiger partial charge in [-0.3, -0.25) is 9.98 Å². The molecule has 0 aliphatic rings. The molecule has 0 aliphatic heterocycles. The number of aromatic nitrogens is 4. The van der Waals surface area contributed by atoms with Crippen molar-refractivity contribution in [1.82, 2.24) is 19.7 Å². The number of carbonyl (C=O) groups is 1. The highest BCUT2D eigenvalue weighted by Gasteiger charge is 2.29. The van der Waals surface area contributed by atoms with E-state index in [0.717, 1.165) is 45.5 Å². The number of carbonyl (C=O) groups excluding carboxylic acids is 1. The number of fused-ring (bicyclic) bond motifs is 1. The lowest BCUT2D eigenvalue weighted by Gasteiger charge is -2.23. The van der Waals surface area contributed by atoms with Gasteiger partial charge >= 0.3 is 5.97 Å². The first kappa shape index (κ1) is 32.0. The van der Waals surface area contributed by atoms with E-state index in [1.807, 2.05) is 19.1 Å². The van der Waals surface area contributed by atoms with E-state index >= 15 is 0 Å². The molecule has 0 fully saturated rings. The molecule has 0 bridgehead atoms. The third kappa shape index (κ3) is 7.02. The van der Waals surface area contributed by atoms with E-state index in [9.17, 15) is 9.90 Å². The molecule has 3 aromatic heterocycles. The van der Waals surface area contributed by atoms with Crippen LogP contribution >= 0.6 is 0 Å². The zero-order valence-electron chi connectivity index (χ0n) is 26.5. The van der Waals surface area contributed by atoms with Crippen molar-refractivity contribution >= 4 is 23.6 Å². The van der Waals surface area contributed by atoms with E-state index in [0.29, 0.717) is 12.2 Å². The van der Waals surface area contributed by atoms with Gasteiger partial charge in [-0.1, -0.05) is 19.0 Å². The Hall–Kier alpha value is -3.89. The Morgan fingerprint density at radius 1 is 1.21 bits per heavy atom. The first-order chi connectivity index (χ1) is 20.3. The predicted molar refractivity (Wildman–Crippen MR) is 167 cm³/mol. The van der Waals surface area contributed by atoms with Crippen molar-refractivity contribution in [1.29, 1.82) is 0 Å². The fourth-order valence-electron chi connectivity index (χ4n) is 5.18. The lowest BCUT2D eigenvalue weighted by molar-refractivity contribution is -0.156. The second-order valence-corrected chi connectivity index (χ2v) is 12.6. The molecule has 10 heteroatoms. The van der Waals surface area contributed by atoms with Crippen molar-refractivity contribution < 1.29 is 23.9 Å². The SMILES string of the molecule is C=NC(Cc1nc(-c2ccc3c(c2)c(CC(C)(C)CO)c(-c2cccnc2C(C)OC)n3CC)no1)C(=O)OC(C)(C)C. The first-order valence-electron chi connectivity index (χ1n) is 14.6. The molecule has 0 amide bonds. The maximum absolute atomic E-state index is 12.6. The summed E-state index contributed by atoms with van der Waals surface area (Å²) >= 11 is 0. The largest absolute Gasteiger partial charge is 0.458 e. The lowest BCUT2D eigenvalue weighted by Crippen LogP contribution is -2.32. The molecule has 2 atom stereocenters. The lowest BCUT2D eigenvalue weighted by atomic mass is 9.84. The summed E-state index contributed by atoms with van der Waals surface area (Å²) in [6.45, 7) is 17.9. The number of benzene rings is 1. The molecule has 43 heavy (non-hydrogen) atoms. The molecule has 1 aromatic carbocycles. The van der Waals surface area contributed by atoms with Crippen LogP contribution in [-0.2, 0) is 33.7 Å². The van der Waals surface area contributed by atoms with Crippen LogP contribution in [0.1, 0.15) is 71.7 Å². The van der Waals surface area contributed by atoms with E-state index in [4.69, 9.17) is 19.0 Å². The molecule has 0 spiro atoms. The first-order valence-corrected chi connectivity index (χ1v) is 14.6. The van der Waals surface area contributed by atoms with Crippen LogP contribution in [0.5, 0.6) is 0 Å². The summed E-state index contributed by atoms with van der Waals surface area (Å²) in [5, 5.41) is 15.5. The fourth-order valence-corrected chi connectivity index (χ4v) is 5.18. The van der Waals surface area contributed by atoms with Crippen molar-refractivity contribution in [3.05, 3.63) is 53.7 Å². The van der Waals surface area contributed by atoms with Gasteiger partial charge in [0.1, 0.15) is 5.60 Å². The maximum Gasteiger partial charge on any atom is 0.331 e. The number of aliphatic imine (C=N–C) groups is 1. The molecular weight excluding hydrogens is 546 g/mol. The predicted octanol–water partition coefficient (Wildman–Crippen LogP) is 6.00. The van der Waals surface area contributed by atoms with Gasteiger partial charge in [-0.2, -0.15) is 4.98 Å². The molecule has 0 radical (unpaired) electrons. The number of aliphatic hydroxyl groups excluding tert-OH is 1. The molecule has 1 N–H and O–H groups in total. The number of hydrogen-bond acceptors (Lipinski definition) is 9. The maximum atomic E-state index is 12.6. The number of rotatable bonds is 12. The molecule has 4 rings (SSSR count). The van der Waals surface area contributed by atoms with Gasteiger partial charge in [-0.25, -0.2) is 4.79 Å². The summed E-state index contributed by atoms with van der Waals surface area (Å²) in [6.07, 6.45) is 2.29.